The summed E-state index contributed by atoms with van der Waals surface area (Å²) in [6, 6.07) is 37.5. The van der Waals surface area contributed by atoms with Crippen LogP contribution in [0.25, 0.3) is 0 Å². The maximum Gasteiger partial charge on any atom is 0.343 e. The van der Waals surface area contributed by atoms with E-state index in [1.807, 2.05) is 44.2 Å². The molecule has 0 N–H and O–H groups in total. The topological polar surface area (TPSA) is 150 Å². The molecule has 0 radical (unpaired) electrons. The average molecular weight is 878 g/mol. The third kappa shape index (κ3) is 16.0. The monoisotopic (exact) mass is 877 g/mol. The molecule has 0 amide bonds. The first-order valence-electron chi connectivity index (χ1n) is 20.9. The number of benzene rings is 6. The van der Waals surface area contributed by atoms with Crippen LogP contribution in [0.2, 0.25) is 0 Å². The van der Waals surface area contributed by atoms with Crippen molar-refractivity contribution in [1.29, 1.82) is 15.8 Å². The van der Waals surface area contributed by atoms with Crippen molar-refractivity contribution in [2.24, 2.45) is 0 Å². The fraction of sp³-hybridized carbons (Fsp3) is 0.208. The van der Waals surface area contributed by atoms with E-state index in [1.165, 1.54) is 74.1 Å². The van der Waals surface area contributed by atoms with Gasteiger partial charge >= 0.3 is 17.9 Å². The first-order valence-corrected chi connectivity index (χ1v) is 20.9. The second-order valence-electron chi connectivity index (χ2n) is 14.6. The molecule has 0 saturated carbocycles. The summed E-state index contributed by atoms with van der Waals surface area (Å²) in [6.07, 6.45) is 9.37. The van der Waals surface area contributed by atoms with E-state index < -0.39 is 35.4 Å². The van der Waals surface area contributed by atoms with E-state index in [-0.39, 0.29) is 33.9 Å². The minimum Gasteiger partial charge on any atom is -0.423 e. The van der Waals surface area contributed by atoms with Gasteiger partial charge in [0.05, 0.1) is 45.5 Å². The Morgan fingerprint density at radius 2 is 0.954 bits per heavy atom. The largest absolute Gasteiger partial charge is 0.423 e. The van der Waals surface area contributed by atoms with Crippen molar-refractivity contribution in [1.82, 2.24) is 0 Å². The molecule has 0 unspecified atom stereocenters. The third-order valence-electron chi connectivity index (χ3n) is 9.69. The summed E-state index contributed by atoms with van der Waals surface area (Å²) >= 11 is 0. The molecule has 65 heavy (non-hydrogen) atoms. The highest BCUT2D eigenvalue weighted by Crippen LogP contribution is 2.22. The van der Waals surface area contributed by atoms with E-state index in [0.717, 1.165) is 48.6 Å². The predicted octanol–water partition coefficient (Wildman–Crippen LogP) is 12.5. The molecule has 0 aliphatic rings. The molecule has 12 heteroatoms. The molecule has 9 nitrogen and oxygen atoms in total. The van der Waals surface area contributed by atoms with Crippen LogP contribution in [0.3, 0.4) is 0 Å². The van der Waals surface area contributed by atoms with Crippen LogP contribution in [-0.2, 0) is 12.8 Å². The number of nitriles is 3. The van der Waals surface area contributed by atoms with E-state index in [1.54, 1.807) is 60.7 Å². The Bertz CT molecular complexity index is 2680. The van der Waals surface area contributed by atoms with Gasteiger partial charge in [-0.1, -0.05) is 87.9 Å². The van der Waals surface area contributed by atoms with E-state index in [9.17, 15) is 27.6 Å². The fourth-order valence-corrected chi connectivity index (χ4v) is 5.92. The van der Waals surface area contributed by atoms with Gasteiger partial charge in [-0.05, 0) is 122 Å². The molecule has 0 atom stereocenters. The van der Waals surface area contributed by atoms with Gasteiger partial charge < -0.3 is 14.2 Å². The minimum absolute atomic E-state index is 0.0751. The molecule has 0 bridgehead atoms. The van der Waals surface area contributed by atoms with Gasteiger partial charge in [0.2, 0.25) is 0 Å². The molecule has 6 aromatic carbocycles. The van der Waals surface area contributed by atoms with Crippen molar-refractivity contribution in [3.8, 4) is 35.5 Å². The van der Waals surface area contributed by atoms with E-state index in [4.69, 9.17) is 30.0 Å². The summed E-state index contributed by atoms with van der Waals surface area (Å²) in [6.45, 7) is 6.13. The fourth-order valence-electron chi connectivity index (χ4n) is 5.92. The molecular formula is C53H46F3N3O6. The van der Waals surface area contributed by atoms with Crippen molar-refractivity contribution < 1.29 is 41.8 Å². The van der Waals surface area contributed by atoms with Gasteiger partial charge in [0.25, 0.3) is 0 Å². The number of aryl methyl sites for hydroxylation is 3. The van der Waals surface area contributed by atoms with Gasteiger partial charge in [-0.2, -0.15) is 15.8 Å². The maximum absolute atomic E-state index is 13.8. The smallest absolute Gasteiger partial charge is 0.343 e. The molecule has 330 valence electrons. The van der Waals surface area contributed by atoms with Gasteiger partial charge in [-0.25, -0.2) is 27.6 Å². The molecule has 6 rings (SSSR count). The number of ether oxygens (including phenoxy) is 3. The molecule has 0 fully saturated rings. The zero-order valence-corrected chi connectivity index (χ0v) is 36.2. The highest BCUT2D eigenvalue weighted by molar-refractivity contribution is 5.92. The Morgan fingerprint density at radius 1 is 0.492 bits per heavy atom. The van der Waals surface area contributed by atoms with Gasteiger partial charge in [0.1, 0.15) is 17.6 Å². The number of carbonyl (C=O) groups is 3. The first kappa shape index (κ1) is 49.6. The zero-order valence-electron chi connectivity index (χ0n) is 36.2. The van der Waals surface area contributed by atoms with Gasteiger partial charge in [0, 0.05) is 6.07 Å². The second kappa shape index (κ2) is 25.8. The Balaban J connectivity index is 0.000000217. The average Bonchev–Trinajstić information content (AvgIpc) is 3.32. The van der Waals surface area contributed by atoms with Crippen LogP contribution in [-0.4, -0.2) is 17.9 Å². The number of halogens is 3. The van der Waals surface area contributed by atoms with Crippen molar-refractivity contribution in [2.45, 2.75) is 72.1 Å². The minimum atomic E-state index is -0.737. The molecule has 6 aromatic rings. The lowest BCUT2D eigenvalue weighted by atomic mass is 10.0. The van der Waals surface area contributed by atoms with Crippen LogP contribution >= 0.6 is 0 Å². The lowest BCUT2D eigenvalue weighted by molar-refractivity contribution is 0.0718. The molecule has 0 spiro atoms. The van der Waals surface area contributed by atoms with Crippen LogP contribution < -0.4 is 14.2 Å². The van der Waals surface area contributed by atoms with Crippen molar-refractivity contribution in [3.63, 3.8) is 0 Å². The Labute approximate surface area is 376 Å². The normalized spacial score (nSPS) is 10.0. The van der Waals surface area contributed by atoms with Gasteiger partial charge in [0.15, 0.2) is 23.1 Å². The summed E-state index contributed by atoms with van der Waals surface area (Å²) < 4.78 is 55.8. The van der Waals surface area contributed by atoms with Gasteiger partial charge in [-0.3, -0.25) is 0 Å². The standard InChI is InChI=1S/C22H24FNO2.C16H12FNO2.C15H10FNO2/c1-2-3-4-5-6-7-8-17-9-12-19(13-10-17)22(25)26-21-14-11-18(16-24)15-20(21)23;1-2-11-3-5-12(6-4-11)16(19)20-14-8-7-13(10-18)15(17)9-14;1-10-2-5-12(6-3-10)15(18)19-14-7-4-11(9-17)8-13(14)16/h9-15H,2-8H2,1H3;3-9H,2H2,1H3;2-8H,1H3. The highest BCUT2D eigenvalue weighted by Gasteiger charge is 2.15. The van der Waals surface area contributed by atoms with Crippen LogP contribution in [0.4, 0.5) is 13.2 Å². The van der Waals surface area contributed by atoms with Crippen molar-refractivity contribution in [2.75, 3.05) is 0 Å². The predicted molar refractivity (Wildman–Crippen MR) is 239 cm³/mol. The number of nitrogens with zero attached hydrogens (tertiary/aromatic N) is 3. The Hall–Kier alpha value is -8.01. The van der Waals surface area contributed by atoms with Crippen molar-refractivity contribution >= 4 is 17.9 Å². The number of carbonyl (C=O) groups excluding carboxylic acids is 3. The number of hydrogen-bond donors (Lipinski definition) is 0. The number of unbranched alkanes of at least 4 members (excludes halogenated alkanes) is 5. The van der Waals surface area contributed by atoms with E-state index >= 15 is 0 Å². The molecule has 0 heterocycles. The summed E-state index contributed by atoms with van der Waals surface area (Å²) in [4.78, 5) is 35.8. The molecule has 0 aliphatic heterocycles. The summed E-state index contributed by atoms with van der Waals surface area (Å²) in [5, 5.41) is 26.0. The summed E-state index contributed by atoms with van der Waals surface area (Å²) in [5.41, 5.74) is 4.70. The van der Waals surface area contributed by atoms with E-state index in [0.29, 0.717) is 16.7 Å². The zero-order chi connectivity index (χ0) is 47.1. The third-order valence-corrected chi connectivity index (χ3v) is 9.69. The van der Waals surface area contributed by atoms with Crippen LogP contribution in [0.1, 0.15) is 117 Å². The maximum atomic E-state index is 13.8. The molecule has 0 aromatic heterocycles. The lowest BCUT2D eigenvalue weighted by Crippen LogP contribution is -2.09. The Kier molecular flexibility index (Phi) is 19.7. The molecule has 0 aliphatic carbocycles. The van der Waals surface area contributed by atoms with E-state index in [2.05, 4.69) is 6.92 Å². The molecular weight excluding hydrogens is 832 g/mol. The molecule has 0 saturated heterocycles. The van der Waals surface area contributed by atoms with Gasteiger partial charge in [-0.15, -0.1) is 0 Å². The SMILES string of the molecule is CCCCCCCCc1ccc(C(=O)Oc2ccc(C#N)cc2F)cc1.CCc1ccc(C(=O)Oc2ccc(C#N)c(F)c2)cc1.Cc1ccc(C(=O)Oc2ccc(C#N)cc2F)cc1. The number of hydrogen-bond acceptors (Lipinski definition) is 9. The summed E-state index contributed by atoms with van der Waals surface area (Å²) in [7, 11) is 0. The van der Waals surface area contributed by atoms with Crippen LogP contribution in [0, 0.1) is 58.4 Å². The summed E-state index contributed by atoms with van der Waals surface area (Å²) in [5.74, 6) is -4.27. The Morgan fingerprint density at radius 3 is 1.40 bits per heavy atom. The second-order valence-corrected chi connectivity index (χ2v) is 14.6. The lowest BCUT2D eigenvalue weighted by Gasteiger charge is -2.07. The highest BCUT2D eigenvalue weighted by atomic mass is 19.1. The number of rotatable bonds is 14. The first-order chi connectivity index (χ1) is 31.4. The van der Waals surface area contributed by atoms with Crippen molar-refractivity contribution in [3.05, 3.63) is 195 Å². The van der Waals surface area contributed by atoms with Crippen LogP contribution in [0.5, 0.6) is 17.2 Å². The quantitative estimate of drug-likeness (QED) is 0.0591. The van der Waals surface area contributed by atoms with Crippen LogP contribution in [0.15, 0.2) is 127 Å². The number of esters is 3.